The molecule has 4 nitrogen and oxygen atoms in total. The molecule has 100 valence electrons. The van der Waals surface area contributed by atoms with Crippen molar-refractivity contribution in [2.45, 2.75) is 18.9 Å². The summed E-state index contributed by atoms with van der Waals surface area (Å²) in [6, 6.07) is 5.47. The molecule has 0 radical (unpaired) electrons. The van der Waals surface area contributed by atoms with E-state index in [0.717, 1.165) is 22.9 Å². The van der Waals surface area contributed by atoms with Gasteiger partial charge in [0.25, 0.3) is 0 Å². The van der Waals surface area contributed by atoms with Crippen LogP contribution in [0.1, 0.15) is 11.1 Å². The van der Waals surface area contributed by atoms with Gasteiger partial charge in [0.05, 0.1) is 0 Å². The van der Waals surface area contributed by atoms with Gasteiger partial charge in [0, 0.05) is 23.5 Å². The van der Waals surface area contributed by atoms with Crippen molar-refractivity contribution in [3.63, 3.8) is 0 Å². The minimum atomic E-state index is -0.835. The molecular weight excluding hydrogens is 240 g/mol. The van der Waals surface area contributed by atoms with E-state index in [1.807, 2.05) is 24.4 Å². The van der Waals surface area contributed by atoms with Crippen molar-refractivity contribution >= 4 is 16.9 Å². The standard InChI is InChI=1S/C15H18N2O2/c1-3-5-10-6-4-7-12-14(10)11(9-17-12)8-13(16-2)15(18)19/h3-4,6-7,9,13,16-17H,1,5,8H2,2H3,(H,18,19)/t13-/m0/s1. The zero-order valence-corrected chi connectivity index (χ0v) is 10.9. The number of rotatable bonds is 6. The minimum Gasteiger partial charge on any atom is -0.480 e. The third kappa shape index (κ3) is 2.69. The molecule has 4 heteroatoms. The molecule has 0 unspecified atom stereocenters. The summed E-state index contributed by atoms with van der Waals surface area (Å²) in [5.74, 6) is -0.835. The molecular formula is C15H18N2O2. The molecule has 0 aliphatic carbocycles. The molecule has 3 N–H and O–H groups in total. The van der Waals surface area contributed by atoms with Gasteiger partial charge in [-0.2, -0.15) is 0 Å². The van der Waals surface area contributed by atoms with Gasteiger partial charge in [0.1, 0.15) is 6.04 Å². The molecule has 0 spiro atoms. The molecule has 1 aromatic heterocycles. The molecule has 0 bridgehead atoms. The fourth-order valence-corrected chi connectivity index (χ4v) is 2.36. The summed E-state index contributed by atoms with van der Waals surface area (Å²) in [5, 5.41) is 13.1. The van der Waals surface area contributed by atoms with Crippen LogP contribution in [0.4, 0.5) is 0 Å². The molecule has 0 amide bonds. The van der Waals surface area contributed by atoms with E-state index in [1.165, 1.54) is 5.56 Å². The van der Waals surface area contributed by atoms with Gasteiger partial charge in [-0.1, -0.05) is 18.2 Å². The van der Waals surface area contributed by atoms with E-state index in [4.69, 9.17) is 5.11 Å². The van der Waals surface area contributed by atoms with E-state index in [2.05, 4.69) is 22.9 Å². The van der Waals surface area contributed by atoms with Gasteiger partial charge < -0.3 is 15.4 Å². The van der Waals surface area contributed by atoms with Crippen LogP contribution in [0.5, 0.6) is 0 Å². The Labute approximate surface area is 112 Å². The molecule has 0 saturated carbocycles. The van der Waals surface area contributed by atoms with E-state index in [9.17, 15) is 4.79 Å². The second-order valence-electron chi connectivity index (χ2n) is 4.53. The lowest BCUT2D eigenvalue weighted by Crippen LogP contribution is -2.35. The first kappa shape index (κ1) is 13.4. The number of aromatic nitrogens is 1. The number of carboxylic acids is 1. The van der Waals surface area contributed by atoms with E-state index in [1.54, 1.807) is 7.05 Å². The maximum Gasteiger partial charge on any atom is 0.321 e. The molecule has 0 aliphatic heterocycles. The van der Waals surface area contributed by atoms with Crippen LogP contribution in [0.3, 0.4) is 0 Å². The smallest absolute Gasteiger partial charge is 0.321 e. The zero-order chi connectivity index (χ0) is 13.8. The Bertz CT molecular complexity index is 601. The van der Waals surface area contributed by atoms with E-state index in [-0.39, 0.29) is 0 Å². The Morgan fingerprint density at radius 3 is 2.95 bits per heavy atom. The van der Waals surface area contributed by atoms with E-state index < -0.39 is 12.0 Å². The second-order valence-corrected chi connectivity index (χ2v) is 4.53. The predicted octanol–water partition coefficient (Wildman–Crippen LogP) is 2.11. The van der Waals surface area contributed by atoms with Gasteiger partial charge in [-0.15, -0.1) is 6.58 Å². The highest BCUT2D eigenvalue weighted by atomic mass is 16.4. The van der Waals surface area contributed by atoms with Crippen molar-refractivity contribution < 1.29 is 9.90 Å². The number of fused-ring (bicyclic) bond motifs is 1. The van der Waals surface area contributed by atoms with Crippen molar-refractivity contribution in [2.75, 3.05) is 7.05 Å². The van der Waals surface area contributed by atoms with Crippen LogP contribution >= 0.6 is 0 Å². The molecule has 1 aromatic carbocycles. The van der Waals surface area contributed by atoms with Crippen LogP contribution in [0.2, 0.25) is 0 Å². The number of carbonyl (C=O) groups is 1. The Morgan fingerprint density at radius 1 is 1.53 bits per heavy atom. The quantitative estimate of drug-likeness (QED) is 0.695. The lowest BCUT2D eigenvalue weighted by Gasteiger charge is -2.11. The second kappa shape index (κ2) is 5.71. The van der Waals surface area contributed by atoms with Crippen molar-refractivity contribution in [3.8, 4) is 0 Å². The number of hydrogen-bond donors (Lipinski definition) is 3. The average molecular weight is 258 g/mol. The number of H-pyrrole nitrogens is 1. The molecule has 2 aromatic rings. The maximum absolute atomic E-state index is 11.1. The van der Waals surface area contributed by atoms with Crippen molar-refractivity contribution in [1.82, 2.24) is 10.3 Å². The summed E-state index contributed by atoms with van der Waals surface area (Å²) in [6.07, 6.45) is 4.99. The topological polar surface area (TPSA) is 65.1 Å². The van der Waals surface area contributed by atoms with E-state index in [0.29, 0.717) is 6.42 Å². The summed E-state index contributed by atoms with van der Waals surface area (Å²) in [5.41, 5.74) is 3.23. The maximum atomic E-state index is 11.1. The van der Waals surface area contributed by atoms with Crippen molar-refractivity contribution in [2.24, 2.45) is 0 Å². The third-order valence-corrected chi connectivity index (χ3v) is 3.31. The summed E-state index contributed by atoms with van der Waals surface area (Å²) >= 11 is 0. The zero-order valence-electron chi connectivity index (χ0n) is 10.9. The predicted molar refractivity (Wildman–Crippen MR) is 76.4 cm³/mol. The Morgan fingerprint density at radius 2 is 2.32 bits per heavy atom. The molecule has 1 atom stereocenters. The Kier molecular flexibility index (Phi) is 4.02. The minimum absolute atomic E-state index is 0.458. The highest BCUT2D eigenvalue weighted by molar-refractivity contribution is 5.87. The first-order valence-electron chi connectivity index (χ1n) is 6.26. The van der Waals surface area contributed by atoms with Gasteiger partial charge in [0.15, 0.2) is 0 Å². The van der Waals surface area contributed by atoms with Crippen LogP contribution in [-0.2, 0) is 17.6 Å². The van der Waals surface area contributed by atoms with Gasteiger partial charge in [-0.25, -0.2) is 0 Å². The number of benzene rings is 1. The molecule has 19 heavy (non-hydrogen) atoms. The number of allylic oxidation sites excluding steroid dienone is 1. The molecule has 0 saturated heterocycles. The summed E-state index contributed by atoms with van der Waals surface area (Å²) < 4.78 is 0. The molecule has 1 heterocycles. The van der Waals surface area contributed by atoms with E-state index >= 15 is 0 Å². The highest BCUT2D eigenvalue weighted by Gasteiger charge is 2.18. The normalized spacial score (nSPS) is 12.5. The summed E-state index contributed by atoms with van der Waals surface area (Å²) in [7, 11) is 1.66. The summed E-state index contributed by atoms with van der Waals surface area (Å²) in [4.78, 5) is 14.3. The number of aromatic amines is 1. The fraction of sp³-hybridized carbons (Fsp3) is 0.267. The molecule has 2 rings (SSSR count). The summed E-state index contributed by atoms with van der Waals surface area (Å²) in [6.45, 7) is 3.77. The lowest BCUT2D eigenvalue weighted by molar-refractivity contribution is -0.139. The van der Waals surface area contributed by atoms with Crippen LogP contribution in [0.15, 0.2) is 37.1 Å². The van der Waals surface area contributed by atoms with Crippen LogP contribution in [-0.4, -0.2) is 29.1 Å². The molecule has 0 aliphatic rings. The van der Waals surface area contributed by atoms with Gasteiger partial charge >= 0.3 is 5.97 Å². The fourth-order valence-electron chi connectivity index (χ4n) is 2.36. The largest absolute Gasteiger partial charge is 0.480 e. The van der Waals surface area contributed by atoms with Crippen molar-refractivity contribution in [3.05, 3.63) is 48.2 Å². The van der Waals surface area contributed by atoms with Crippen LogP contribution in [0.25, 0.3) is 10.9 Å². The highest BCUT2D eigenvalue weighted by Crippen LogP contribution is 2.24. The first-order chi connectivity index (χ1) is 9.17. The van der Waals surface area contributed by atoms with Gasteiger partial charge in [-0.05, 0) is 30.7 Å². The molecule has 0 fully saturated rings. The Balaban J connectivity index is 2.43. The Hall–Kier alpha value is -2.07. The number of likely N-dealkylation sites (N-methyl/N-ethyl adjacent to an activating group) is 1. The first-order valence-corrected chi connectivity index (χ1v) is 6.26. The SMILES string of the molecule is C=CCc1cccc2[nH]cc(C[C@H](NC)C(=O)O)c12. The van der Waals surface area contributed by atoms with Gasteiger partial charge in [-0.3, -0.25) is 4.79 Å². The average Bonchev–Trinajstić information content (AvgIpc) is 2.80. The van der Waals surface area contributed by atoms with Crippen molar-refractivity contribution in [1.29, 1.82) is 0 Å². The number of aliphatic carboxylic acids is 1. The van der Waals surface area contributed by atoms with Gasteiger partial charge in [0.2, 0.25) is 0 Å². The third-order valence-electron chi connectivity index (χ3n) is 3.31. The number of nitrogens with one attached hydrogen (secondary N) is 2. The van der Waals surface area contributed by atoms with Crippen LogP contribution in [0, 0.1) is 0 Å². The van der Waals surface area contributed by atoms with Crippen LogP contribution < -0.4 is 5.32 Å². The monoisotopic (exact) mass is 258 g/mol. The number of carboxylic acid groups (broad SMARTS) is 1. The lowest BCUT2D eigenvalue weighted by atomic mass is 9.99. The number of hydrogen-bond acceptors (Lipinski definition) is 2.